The molecule has 0 aromatic rings. The van der Waals surface area contributed by atoms with Gasteiger partial charge >= 0.3 is 13.7 Å². The van der Waals surface area contributed by atoms with E-state index < -0.39 is 19.8 Å². The quantitative estimate of drug-likeness (QED) is 0.544. The molecule has 2 atom stereocenters. The summed E-state index contributed by atoms with van der Waals surface area (Å²) in [7, 11) is 2.67. The van der Waals surface area contributed by atoms with E-state index in [1.165, 1.54) is 4.90 Å². The van der Waals surface area contributed by atoms with Crippen LogP contribution in [0.25, 0.3) is 0 Å². The lowest BCUT2D eigenvalue weighted by molar-refractivity contribution is -0.134. The Bertz CT molecular complexity index is 676. The SMILES string of the molecule is CCC1C=CC(OC2CN(C(=O)SCC(=O)N(C)C)C2)=C(C(=O)O)C1OBO. The van der Waals surface area contributed by atoms with Gasteiger partial charge in [-0.25, -0.2) is 4.79 Å². The number of allylic oxidation sites excluding steroid dienone is 1. The second kappa shape index (κ2) is 9.99. The fourth-order valence-corrected chi connectivity index (χ4v) is 3.75. The molecule has 28 heavy (non-hydrogen) atoms. The van der Waals surface area contributed by atoms with Crippen molar-refractivity contribution in [2.75, 3.05) is 32.9 Å². The van der Waals surface area contributed by atoms with Gasteiger partial charge in [0.05, 0.1) is 24.9 Å². The summed E-state index contributed by atoms with van der Waals surface area (Å²) in [6.07, 6.45) is 2.95. The molecule has 1 saturated heterocycles. The number of ether oxygens (including phenoxy) is 1. The fraction of sp³-hybridized carbons (Fsp3) is 0.588. The Labute approximate surface area is 168 Å². The van der Waals surface area contributed by atoms with Gasteiger partial charge in [-0.3, -0.25) is 9.59 Å². The minimum absolute atomic E-state index is 0.0286. The molecule has 0 saturated carbocycles. The van der Waals surface area contributed by atoms with Gasteiger partial charge in [0, 0.05) is 20.0 Å². The lowest BCUT2D eigenvalue weighted by Gasteiger charge is -2.40. The van der Waals surface area contributed by atoms with Gasteiger partial charge in [-0.05, 0) is 12.5 Å². The van der Waals surface area contributed by atoms with Gasteiger partial charge in [-0.1, -0.05) is 24.8 Å². The Kier molecular flexibility index (Phi) is 7.96. The number of rotatable bonds is 8. The molecular formula is C17H25BN2O7S. The predicted octanol–water partition coefficient (Wildman–Crippen LogP) is 0.207. The van der Waals surface area contributed by atoms with Crippen LogP contribution >= 0.6 is 11.8 Å². The van der Waals surface area contributed by atoms with Gasteiger partial charge in [-0.2, -0.15) is 0 Å². The van der Waals surface area contributed by atoms with Gasteiger partial charge in [0.1, 0.15) is 17.4 Å². The maximum Gasteiger partial charge on any atom is 0.435 e. The van der Waals surface area contributed by atoms with Crippen molar-refractivity contribution in [2.24, 2.45) is 5.92 Å². The van der Waals surface area contributed by atoms with E-state index in [9.17, 15) is 19.5 Å². The number of carboxylic acid groups (broad SMARTS) is 1. The van der Waals surface area contributed by atoms with Crippen LogP contribution in [0, 0.1) is 5.92 Å². The predicted molar refractivity (Wildman–Crippen MR) is 105 cm³/mol. The molecular weight excluding hydrogens is 387 g/mol. The van der Waals surface area contributed by atoms with E-state index in [1.54, 1.807) is 25.1 Å². The molecule has 2 unspecified atom stereocenters. The molecule has 0 aromatic heterocycles. The highest BCUT2D eigenvalue weighted by molar-refractivity contribution is 8.14. The number of carboxylic acids is 1. The second-order valence-corrected chi connectivity index (χ2v) is 7.64. The molecule has 2 aliphatic rings. The molecule has 2 amide bonds. The molecule has 1 aliphatic carbocycles. The van der Waals surface area contributed by atoms with Gasteiger partial charge in [-0.15, -0.1) is 0 Å². The third kappa shape index (κ3) is 5.30. The summed E-state index contributed by atoms with van der Waals surface area (Å²) in [5.41, 5.74) is -0.0286. The molecule has 0 spiro atoms. The minimum Gasteiger partial charge on any atom is -0.486 e. The van der Waals surface area contributed by atoms with Gasteiger partial charge in [0.2, 0.25) is 5.91 Å². The summed E-state index contributed by atoms with van der Waals surface area (Å²) in [6, 6.07) is 0. The van der Waals surface area contributed by atoms with Crippen molar-refractivity contribution in [1.29, 1.82) is 0 Å². The molecule has 2 rings (SSSR count). The maximum absolute atomic E-state index is 12.1. The summed E-state index contributed by atoms with van der Waals surface area (Å²) in [4.78, 5) is 38.3. The Morgan fingerprint density at radius 1 is 1.36 bits per heavy atom. The van der Waals surface area contributed by atoms with E-state index in [-0.39, 0.29) is 40.3 Å². The summed E-state index contributed by atoms with van der Waals surface area (Å²) in [5, 5.41) is 18.5. The van der Waals surface area contributed by atoms with Gasteiger partial charge < -0.3 is 29.3 Å². The number of nitrogens with zero attached hydrogens (tertiary/aromatic N) is 2. The zero-order valence-electron chi connectivity index (χ0n) is 16.2. The summed E-state index contributed by atoms with van der Waals surface area (Å²) >= 11 is 0.933. The number of carbonyl (C=O) groups excluding carboxylic acids is 2. The zero-order chi connectivity index (χ0) is 20.8. The minimum atomic E-state index is -1.17. The van der Waals surface area contributed by atoms with Gasteiger partial charge in [0.15, 0.2) is 0 Å². The van der Waals surface area contributed by atoms with Crippen LogP contribution in [0.2, 0.25) is 0 Å². The zero-order valence-corrected chi connectivity index (χ0v) is 17.0. The first kappa shape index (κ1) is 22.3. The van der Waals surface area contributed by atoms with Crippen LogP contribution in [0.4, 0.5) is 4.79 Å². The fourth-order valence-electron chi connectivity index (χ4n) is 2.91. The number of thioether (sulfide) groups is 1. The normalized spacial score (nSPS) is 21.9. The van der Waals surface area contributed by atoms with Crippen LogP contribution < -0.4 is 0 Å². The first-order valence-electron chi connectivity index (χ1n) is 8.95. The first-order valence-corrected chi connectivity index (χ1v) is 9.93. The monoisotopic (exact) mass is 412 g/mol. The average molecular weight is 412 g/mol. The van der Waals surface area contributed by atoms with E-state index in [0.717, 1.165) is 11.8 Å². The summed E-state index contributed by atoms with van der Waals surface area (Å²) in [5.74, 6) is -1.22. The Morgan fingerprint density at radius 3 is 2.57 bits per heavy atom. The highest BCUT2D eigenvalue weighted by atomic mass is 32.2. The third-order valence-corrected chi connectivity index (χ3v) is 5.50. The van der Waals surface area contributed by atoms with E-state index in [0.29, 0.717) is 19.5 Å². The Morgan fingerprint density at radius 2 is 2.04 bits per heavy atom. The molecule has 0 aromatic carbocycles. The molecule has 9 nitrogen and oxygen atoms in total. The smallest absolute Gasteiger partial charge is 0.435 e. The molecule has 0 radical (unpaired) electrons. The highest BCUT2D eigenvalue weighted by Gasteiger charge is 2.37. The van der Waals surface area contributed by atoms with Crippen LogP contribution in [-0.4, -0.2) is 89.9 Å². The van der Waals surface area contributed by atoms with Crippen LogP contribution in [-0.2, 0) is 19.0 Å². The van der Waals surface area contributed by atoms with Crippen LogP contribution in [0.5, 0.6) is 0 Å². The standard InChI is InChI=1S/C17H25BN2O7S/c1-4-10-5-6-12(14(16(22)23)15(10)27-18-25)26-11-7-20(8-11)17(24)28-9-13(21)19(2)3/h5-6,10-11,15,18,25H,4,7-9H2,1-3H3,(H,22,23). The average Bonchev–Trinajstić information content (AvgIpc) is 2.61. The van der Waals surface area contributed by atoms with Crippen LogP contribution in [0.1, 0.15) is 13.3 Å². The molecule has 2 N–H and O–H groups in total. The lowest BCUT2D eigenvalue weighted by atomic mass is 9.87. The number of hydrogen-bond acceptors (Lipinski definition) is 7. The Balaban J connectivity index is 1.95. The van der Waals surface area contributed by atoms with Crippen molar-refractivity contribution in [3.63, 3.8) is 0 Å². The highest BCUT2D eigenvalue weighted by Crippen LogP contribution is 2.31. The van der Waals surface area contributed by atoms with E-state index >= 15 is 0 Å². The van der Waals surface area contributed by atoms with E-state index in [2.05, 4.69) is 0 Å². The number of hydrogen-bond donors (Lipinski definition) is 2. The van der Waals surface area contributed by atoms with Crippen molar-refractivity contribution in [2.45, 2.75) is 25.6 Å². The number of amides is 2. The molecule has 1 heterocycles. The lowest BCUT2D eigenvalue weighted by Crippen LogP contribution is -2.53. The van der Waals surface area contributed by atoms with Crippen molar-refractivity contribution >= 4 is 36.6 Å². The van der Waals surface area contributed by atoms with E-state index in [4.69, 9.17) is 14.4 Å². The van der Waals surface area contributed by atoms with Crippen molar-refractivity contribution in [3.05, 3.63) is 23.5 Å². The van der Waals surface area contributed by atoms with Crippen LogP contribution in [0.3, 0.4) is 0 Å². The Hall–Kier alpha value is -1.98. The summed E-state index contributed by atoms with van der Waals surface area (Å²) in [6.45, 7) is 2.53. The van der Waals surface area contributed by atoms with Crippen LogP contribution in [0.15, 0.2) is 23.5 Å². The molecule has 11 heteroatoms. The molecule has 1 aliphatic heterocycles. The molecule has 0 bridgehead atoms. The number of aliphatic carboxylic acids is 1. The van der Waals surface area contributed by atoms with Gasteiger partial charge in [0.25, 0.3) is 5.24 Å². The molecule has 154 valence electrons. The summed E-state index contributed by atoms with van der Waals surface area (Å²) < 4.78 is 11.0. The van der Waals surface area contributed by atoms with Crippen molar-refractivity contribution in [3.8, 4) is 0 Å². The van der Waals surface area contributed by atoms with Crippen molar-refractivity contribution < 1.29 is 33.9 Å². The number of likely N-dealkylation sites (tertiary alicyclic amines) is 1. The van der Waals surface area contributed by atoms with Crippen molar-refractivity contribution in [1.82, 2.24) is 9.80 Å². The second-order valence-electron chi connectivity index (χ2n) is 6.72. The molecule has 1 fully saturated rings. The number of carbonyl (C=O) groups is 3. The maximum atomic E-state index is 12.1. The topological polar surface area (TPSA) is 117 Å². The first-order chi connectivity index (χ1) is 13.3. The third-order valence-electron chi connectivity index (χ3n) is 4.61. The van der Waals surface area contributed by atoms with E-state index in [1.807, 2.05) is 13.0 Å². The largest absolute Gasteiger partial charge is 0.486 e.